The van der Waals surface area contributed by atoms with Crippen LogP contribution >= 0.6 is 0 Å². The number of nitrogens with zero attached hydrogens (tertiary/aromatic N) is 1. The number of hydrogen-bond donors (Lipinski definition) is 3. The van der Waals surface area contributed by atoms with Gasteiger partial charge in [-0.1, -0.05) is 30.3 Å². The number of rotatable bonds is 6. The molecule has 29 heavy (non-hydrogen) atoms. The molecule has 0 radical (unpaired) electrons. The summed E-state index contributed by atoms with van der Waals surface area (Å²) < 4.78 is 16.9. The Bertz CT molecular complexity index is 1040. The van der Waals surface area contributed by atoms with Crippen molar-refractivity contribution < 1.29 is 14.2 Å². The number of fused-ring (bicyclic) bond motifs is 2. The van der Waals surface area contributed by atoms with Gasteiger partial charge < -0.3 is 31.0 Å². The molecule has 0 saturated heterocycles. The van der Waals surface area contributed by atoms with Crippen LogP contribution < -0.4 is 31.0 Å². The molecule has 1 aromatic heterocycles. The fraction of sp³-hybridized carbons (Fsp3) is 0.227. The van der Waals surface area contributed by atoms with Crippen molar-refractivity contribution in [3.63, 3.8) is 0 Å². The largest absolute Gasteiger partial charge is 0.493 e. The average Bonchev–Trinajstić information content (AvgIpc) is 2.75. The third-order valence-corrected chi connectivity index (χ3v) is 5.05. The Morgan fingerprint density at radius 2 is 1.83 bits per heavy atom. The van der Waals surface area contributed by atoms with E-state index in [9.17, 15) is 0 Å². The molecule has 0 aliphatic carbocycles. The fourth-order valence-electron chi connectivity index (χ4n) is 3.55. The second-order valence-electron chi connectivity index (χ2n) is 6.77. The van der Waals surface area contributed by atoms with Gasteiger partial charge in [0.15, 0.2) is 11.5 Å². The monoisotopic (exact) mass is 392 g/mol. The van der Waals surface area contributed by atoms with E-state index in [0.29, 0.717) is 41.9 Å². The maximum absolute atomic E-state index is 6.19. The number of pyridine rings is 1. The van der Waals surface area contributed by atoms with Gasteiger partial charge in [0.1, 0.15) is 11.6 Å². The van der Waals surface area contributed by atoms with Crippen molar-refractivity contribution in [3.8, 4) is 23.1 Å². The summed E-state index contributed by atoms with van der Waals surface area (Å²) in [5.74, 6) is 2.78. The predicted octanol–water partition coefficient (Wildman–Crippen LogP) is 3.45. The summed E-state index contributed by atoms with van der Waals surface area (Å²) in [6, 6.07) is 13.9. The number of anilines is 2. The Balaban J connectivity index is 1.74. The van der Waals surface area contributed by atoms with E-state index < -0.39 is 0 Å². The van der Waals surface area contributed by atoms with Crippen molar-refractivity contribution in [3.05, 3.63) is 64.7 Å². The molecule has 0 saturated carbocycles. The van der Waals surface area contributed by atoms with Crippen molar-refractivity contribution >= 4 is 11.5 Å². The maximum atomic E-state index is 6.19. The van der Waals surface area contributed by atoms with Crippen molar-refractivity contribution in [2.45, 2.75) is 19.5 Å². The van der Waals surface area contributed by atoms with E-state index in [1.807, 2.05) is 30.3 Å². The predicted molar refractivity (Wildman–Crippen MR) is 113 cm³/mol. The summed E-state index contributed by atoms with van der Waals surface area (Å²) in [5.41, 5.74) is 16.9. The molecule has 5 N–H and O–H groups in total. The molecule has 1 aliphatic rings. The number of nitrogens with two attached hydrogens (primary N) is 2. The molecule has 0 unspecified atom stereocenters. The normalized spacial score (nSPS) is 11.8. The number of nitrogens with one attached hydrogen (secondary N) is 1. The summed E-state index contributed by atoms with van der Waals surface area (Å²) in [5, 5.41) is 3.50. The second kappa shape index (κ2) is 7.89. The summed E-state index contributed by atoms with van der Waals surface area (Å²) in [6.07, 6.45) is 0.614. The Labute approximate surface area is 169 Å². The van der Waals surface area contributed by atoms with E-state index in [4.69, 9.17) is 25.7 Å². The van der Waals surface area contributed by atoms with Crippen LogP contribution in [0.25, 0.3) is 0 Å². The molecule has 7 heteroatoms. The minimum atomic E-state index is 0.280. The topological polar surface area (TPSA) is 105 Å². The fourth-order valence-corrected chi connectivity index (χ4v) is 3.55. The van der Waals surface area contributed by atoms with Gasteiger partial charge in [-0.3, -0.25) is 0 Å². The molecule has 4 rings (SSSR count). The standard InChI is InChI=1S/C22H24N4O3/c1-27-18-9-14-8-15-20(25-12-13-6-4-3-5-7-13)16(11-23)21(24)26-22(15)29-17(14)10-19(18)28-2/h3-7,9-10H,8,11-12,23H2,1-2H3,(H3,24,25,26). The van der Waals surface area contributed by atoms with Crippen LogP contribution in [0.3, 0.4) is 0 Å². The molecule has 0 amide bonds. The maximum Gasteiger partial charge on any atom is 0.226 e. The molecule has 0 spiro atoms. The quantitative estimate of drug-likeness (QED) is 0.462. The van der Waals surface area contributed by atoms with Gasteiger partial charge in [-0.25, -0.2) is 0 Å². The molecule has 7 nitrogen and oxygen atoms in total. The van der Waals surface area contributed by atoms with Crippen LogP contribution in [0.1, 0.15) is 22.3 Å². The zero-order chi connectivity index (χ0) is 20.4. The molecule has 3 aromatic rings. The molecule has 2 heterocycles. The lowest BCUT2D eigenvalue weighted by atomic mass is 9.97. The van der Waals surface area contributed by atoms with Crippen LogP contribution in [-0.4, -0.2) is 19.2 Å². The molecular formula is C22H24N4O3. The zero-order valence-corrected chi connectivity index (χ0v) is 16.5. The first-order valence-corrected chi connectivity index (χ1v) is 9.36. The lowest BCUT2D eigenvalue weighted by Gasteiger charge is -2.25. The third kappa shape index (κ3) is 3.52. The molecule has 0 fully saturated rings. The molecule has 0 atom stereocenters. The van der Waals surface area contributed by atoms with E-state index in [-0.39, 0.29) is 6.54 Å². The van der Waals surface area contributed by atoms with Crippen LogP contribution in [0.15, 0.2) is 42.5 Å². The summed E-state index contributed by atoms with van der Waals surface area (Å²) in [4.78, 5) is 4.46. The van der Waals surface area contributed by atoms with Crippen molar-refractivity contribution in [2.24, 2.45) is 5.73 Å². The van der Waals surface area contributed by atoms with Crippen molar-refractivity contribution in [2.75, 3.05) is 25.3 Å². The summed E-state index contributed by atoms with van der Waals surface area (Å²) in [7, 11) is 3.21. The van der Waals surface area contributed by atoms with E-state index >= 15 is 0 Å². The van der Waals surface area contributed by atoms with Crippen LogP contribution in [0, 0.1) is 0 Å². The second-order valence-corrected chi connectivity index (χ2v) is 6.77. The number of nitrogen functional groups attached to an aromatic ring is 1. The van der Waals surface area contributed by atoms with Gasteiger partial charge in [0.25, 0.3) is 0 Å². The molecular weight excluding hydrogens is 368 g/mol. The summed E-state index contributed by atoms with van der Waals surface area (Å²) in [6.45, 7) is 0.921. The highest BCUT2D eigenvalue weighted by Crippen LogP contribution is 2.45. The van der Waals surface area contributed by atoms with Gasteiger partial charge in [-0.15, -0.1) is 0 Å². The highest BCUT2D eigenvalue weighted by Gasteiger charge is 2.26. The number of ether oxygens (including phenoxy) is 3. The van der Waals surface area contributed by atoms with Crippen LogP contribution in [-0.2, 0) is 19.5 Å². The highest BCUT2D eigenvalue weighted by atomic mass is 16.5. The van der Waals surface area contributed by atoms with Gasteiger partial charge in [-0.2, -0.15) is 4.98 Å². The van der Waals surface area contributed by atoms with Crippen LogP contribution in [0.5, 0.6) is 23.1 Å². The van der Waals surface area contributed by atoms with E-state index in [2.05, 4.69) is 22.4 Å². The number of benzene rings is 2. The zero-order valence-electron chi connectivity index (χ0n) is 16.5. The number of hydrogen-bond acceptors (Lipinski definition) is 7. The SMILES string of the molecule is COc1cc2c(cc1OC)Oc1nc(N)c(CN)c(NCc3ccccc3)c1C2. The van der Waals surface area contributed by atoms with Crippen molar-refractivity contribution in [1.82, 2.24) is 4.98 Å². The number of aromatic nitrogens is 1. The molecule has 150 valence electrons. The van der Waals surface area contributed by atoms with E-state index in [1.165, 1.54) is 0 Å². The molecule has 0 bridgehead atoms. The minimum absolute atomic E-state index is 0.280. The Kier molecular flexibility index (Phi) is 5.14. The first-order chi connectivity index (χ1) is 14.1. The average molecular weight is 392 g/mol. The Morgan fingerprint density at radius 1 is 1.10 bits per heavy atom. The Morgan fingerprint density at radius 3 is 2.52 bits per heavy atom. The molecule has 2 aromatic carbocycles. The first kappa shape index (κ1) is 18.9. The van der Waals surface area contributed by atoms with Crippen molar-refractivity contribution in [1.29, 1.82) is 0 Å². The third-order valence-electron chi connectivity index (χ3n) is 5.05. The lowest BCUT2D eigenvalue weighted by molar-refractivity contribution is 0.349. The van der Waals surface area contributed by atoms with Gasteiger partial charge in [-0.05, 0) is 11.6 Å². The lowest BCUT2D eigenvalue weighted by Crippen LogP contribution is -2.16. The van der Waals surface area contributed by atoms with E-state index in [1.54, 1.807) is 14.2 Å². The summed E-state index contributed by atoms with van der Waals surface area (Å²) >= 11 is 0. The van der Waals surface area contributed by atoms with Gasteiger partial charge in [0.2, 0.25) is 5.88 Å². The minimum Gasteiger partial charge on any atom is -0.493 e. The number of methoxy groups -OCH3 is 2. The van der Waals surface area contributed by atoms with Gasteiger partial charge in [0, 0.05) is 42.3 Å². The highest BCUT2D eigenvalue weighted by molar-refractivity contribution is 5.71. The van der Waals surface area contributed by atoms with Gasteiger partial charge >= 0.3 is 0 Å². The van der Waals surface area contributed by atoms with E-state index in [0.717, 1.165) is 27.9 Å². The first-order valence-electron chi connectivity index (χ1n) is 9.36. The van der Waals surface area contributed by atoms with Gasteiger partial charge in [0.05, 0.1) is 19.9 Å². The van der Waals surface area contributed by atoms with Crippen LogP contribution in [0.2, 0.25) is 0 Å². The smallest absolute Gasteiger partial charge is 0.226 e. The Hall–Kier alpha value is -3.45. The molecule has 1 aliphatic heterocycles. The van der Waals surface area contributed by atoms with Crippen LogP contribution in [0.4, 0.5) is 11.5 Å².